The van der Waals surface area contributed by atoms with Gasteiger partial charge in [-0.25, -0.2) is 13.1 Å². The molecule has 170 valence electrons. The number of benzene rings is 2. The summed E-state index contributed by atoms with van der Waals surface area (Å²) in [5, 5.41) is 4.75. The van der Waals surface area contributed by atoms with Gasteiger partial charge in [-0.1, -0.05) is 56.7 Å². The van der Waals surface area contributed by atoms with E-state index in [9.17, 15) is 13.2 Å². The summed E-state index contributed by atoms with van der Waals surface area (Å²) < 4.78 is 29.4. The van der Waals surface area contributed by atoms with Gasteiger partial charge in [-0.3, -0.25) is 9.48 Å². The first-order chi connectivity index (χ1) is 14.8. The smallest absolute Gasteiger partial charge is 0.266 e. The van der Waals surface area contributed by atoms with E-state index in [1.807, 2.05) is 48.5 Å². The molecular formula is C25H31N3O3S. The minimum atomic E-state index is -4.00. The van der Waals surface area contributed by atoms with Gasteiger partial charge in [0.05, 0.1) is 16.6 Å². The summed E-state index contributed by atoms with van der Waals surface area (Å²) in [5.41, 5.74) is 5.06. The number of hydrogen-bond donors (Lipinski definition) is 1. The van der Waals surface area contributed by atoms with E-state index in [-0.39, 0.29) is 22.0 Å². The van der Waals surface area contributed by atoms with Crippen molar-refractivity contribution < 1.29 is 13.2 Å². The summed E-state index contributed by atoms with van der Waals surface area (Å²) in [5.74, 6) is -0.703. The van der Waals surface area contributed by atoms with E-state index in [0.29, 0.717) is 5.69 Å². The summed E-state index contributed by atoms with van der Waals surface area (Å²) in [6, 6.07) is 13.5. The van der Waals surface area contributed by atoms with Crippen LogP contribution in [-0.4, -0.2) is 24.1 Å². The van der Waals surface area contributed by atoms with Crippen LogP contribution in [0.15, 0.2) is 53.4 Å². The molecule has 1 atom stereocenters. The molecule has 3 rings (SSSR count). The van der Waals surface area contributed by atoms with Crippen molar-refractivity contribution in [3.8, 4) is 0 Å². The van der Waals surface area contributed by atoms with E-state index >= 15 is 0 Å². The van der Waals surface area contributed by atoms with Crippen molar-refractivity contribution in [2.75, 3.05) is 0 Å². The average molecular weight is 454 g/mol. The van der Waals surface area contributed by atoms with Crippen LogP contribution in [0.2, 0.25) is 0 Å². The van der Waals surface area contributed by atoms with Crippen LogP contribution in [0.1, 0.15) is 72.2 Å². The Morgan fingerprint density at radius 2 is 1.56 bits per heavy atom. The zero-order chi connectivity index (χ0) is 23.8. The Balaban J connectivity index is 2.09. The van der Waals surface area contributed by atoms with Gasteiger partial charge in [0.2, 0.25) is 0 Å². The number of nitrogens with one attached hydrogen (secondary N) is 1. The Hall–Kier alpha value is -2.93. The van der Waals surface area contributed by atoms with E-state index in [4.69, 9.17) is 5.10 Å². The number of hydrogen-bond acceptors (Lipinski definition) is 4. The number of carbonyl (C=O) groups is 1. The third-order valence-corrected chi connectivity index (χ3v) is 6.89. The minimum absolute atomic E-state index is 0.0359. The Morgan fingerprint density at radius 3 is 2.09 bits per heavy atom. The highest BCUT2D eigenvalue weighted by Gasteiger charge is 2.29. The van der Waals surface area contributed by atoms with E-state index in [1.165, 1.54) is 17.7 Å². The van der Waals surface area contributed by atoms with E-state index in [1.54, 1.807) is 28.9 Å². The van der Waals surface area contributed by atoms with Gasteiger partial charge in [-0.05, 0) is 62.6 Å². The topological polar surface area (TPSA) is 81.1 Å². The normalized spacial score (nSPS) is 13.1. The maximum Gasteiger partial charge on any atom is 0.283 e. The van der Waals surface area contributed by atoms with Gasteiger partial charge in [0, 0.05) is 5.41 Å². The molecule has 0 saturated carbocycles. The summed E-state index contributed by atoms with van der Waals surface area (Å²) in [6.45, 7) is 14.1. The van der Waals surface area contributed by atoms with Crippen LogP contribution in [0.3, 0.4) is 0 Å². The SMILES string of the molecule is Cc1cc(C)c(C(C)n2nc(C(C)(C)C)cc2C(=O)NS(=O)(=O)c2ccccc2)c(C)c1. The van der Waals surface area contributed by atoms with Gasteiger partial charge in [-0.15, -0.1) is 0 Å². The average Bonchev–Trinajstić information content (AvgIpc) is 3.13. The van der Waals surface area contributed by atoms with Gasteiger partial charge in [0.15, 0.2) is 0 Å². The first-order valence-electron chi connectivity index (χ1n) is 10.6. The van der Waals surface area contributed by atoms with Gasteiger partial charge >= 0.3 is 0 Å². The third-order valence-electron chi connectivity index (χ3n) is 5.54. The summed E-state index contributed by atoms with van der Waals surface area (Å²) in [4.78, 5) is 13.2. The predicted molar refractivity (Wildman–Crippen MR) is 126 cm³/mol. The zero-order valence-electron chi connectivity index (χ0n) is 19.7. The monoisotopic (exact) mass is 453 g/mol. The second kappa shape index (κ2) is 8.54. The molecule has 1 unspecified atom stereocenters. The third kappa shape index (κ3) is 4.78. The molecule has 1 N–H and O–H groups in total. The standard InChI is InChI=1S/C25H31N3O3S/c1-16-13-17(2)23(18(3)14-16)19(4)28-21(15-22(26-28)25(5,6)7)24(29)27-32(30,31)20-11-9-8-10-12-20/h8-15,19H,1-7H3,(H,27,29). The lowest BCUT2D eigenvalue weighted by Crippen LogP contribution is -2.33. The van der Waals surface area contributed by atoms with Crippen LogP contribution in [0.5, 0.6) is 0 Å². The molecule has 0 spiro atoms. The van der Waals surface area contributed by atoms with Gasteiger partial charge < -0.3 is 0 Å². The number of nitrogens with zero attached hydrogens (tertiary/aromatic N) is 2. The van der Waals surface area contributed by atoms with Crippen molar-refractivity contribution in [2.24, 2.45) is 0 Å². The quantitative estimate of drug-likeness (QED) is 0.600. The molecule has 32 heavy (non-hydrogen) atoms. The summed E-state index contributed by atoms with van der Waals surface area (Å²) in [7, 11) is -4.00. The molecule has 0 aliphatic rings. The fourth-order valence-corrected chi connectivity index (χ4v) is 5.01. The highest BCUT2D eigenvalue weighted by molar-refractivity contribution is 7.90. The number of carbonyl (C=O) groups excluding carboxylic acids is 1. The molecule has 0 aliphatic carbocycles. The minimum Gasteiger partial charge on any atom is -0.266 e. The van der Waals surface area contributed by atoms with E-state index in [2.05, 4.69) is 16.9 Å². The molecule has 7 heteroatoms. The summed E-state index contributed by atoms with van der Waals surface area (Å²) in [6.07, 6.45) is 0. The van der Waals surface area contributed by atoms with Gasteiger partial charge in [0.1, 0.15) is 5.69 Å². The Kier molecular flexibility index (Phi) is 6.33. The number of amides is 1. The van der Waals surface area contributed by atoms with Crippen molar-refractivity contribution in [3.05, 3.63) is 82.2 Å². The lowest BCUT2D eigenvalue weighted by Gasteiger charge is -2.21. The van der Waals surface area contributed by atoms with Crippen molar-refractivity contribution in [2.45, 2.75) is 64.8 Å². The lowest BCUT2D eigenvalue weighted by molar-refractivity contribution is 0.0969. The largest absolute Gasteiger partial charge is 0.283 e. The number of aryl methyl sites for hydroxylation is 3. The second-order valence-corrected chi connectivity index (χ2v) is 11.0. The molecule has 6 nitrogen and oxygen atoms in total. The number of aromatic nitrogens is 2. The maximum atomic E-state index is 13.2. The predicted octanol–water partition coefficient (Wildman–Crippen LogP) is 4.83. The first-order valence-corrected chi connectivity index (χ1v) is 12.1. The second-order valence-electron chi connectivity index (χ2n) is 9.35. The Bertz CT molecular complexity index is 1230. The molecule has 3 aromatic rings. The first kappa shape index (κ1) is 23.7. The molecule has 0 radical (unpaired) electrons. The van der Waals surface area contributed by atoms with Crippen molar-refractivity contribution in [3.63, 3.8) is 0 Å². The molecule has 1 aromatic heterocycles. The molecule has 0 saturated heterocycles. The van der Waals surface area contributed by atoms with E-state index in [0.717, 1.165) is 16.7 Å². The van der Waals surface area contributed by atoms with Crippen LogP contribution >= 0.6 is 0 Å². The molecule has 0 bridgehead atoms. The van der Waals surface area contributed by atoms with Gasteiger partial charge in [-0.2, -0.15) is 5.10 Å². The fourth-order valence-electron chi connectivity index (χ4n) is 4.03. The molecule has 0 aliphatic heterocycles. The summed E-state index contributed by atoms with van der Waals surface area (Å²) >= 11 is 0. The zero-order valence-corrected chi connectivity index (χ0v) is 20.5. The molecular weight excluding hydrogens is 422 g/mol. The van der Waals surface area contributed by atoms with Crippen molar-refractivity contribution in [1.29, 1.82) is 0 Å². The van der Waals surface area contributed by atoms with Crippen LogP contribution in [0, 0.1) is 20.8 Å². The molecule has 0 fully saturated rings. The Morgan fingerprint density at radius 1 is 1.00 bits per heavy atom. The number of sulfonamides is 1. The molecule has 1 heterocycles. The van der Waals surface area contributed by atoms with Gasteiger partial charge in [0.25, 0.3) is 15.9 Å². The highest BCUT2D eigenvalue weighted by atomic mass is 32.2. The van der Waals surface area contributed by atoms with Crippen LogP contribution in [0.4, 0.5) is 0 Å². The maximum absolute atomic E-state index is 13.2. The van der Waals surface area contributed by atoms with Crippen LogP contribution in [-0.2, 0) is 15.4 Å². The Labute approximate surface area is 190 Å². The van der Waals surface area contributed by atoms with Crippen molar-refractivity contribution >= 4 is 15.9 Å². The van der Waals surface area contributed by atoms with Crippen LogP contribution < -0.4 is 4.72 Å². The molecule has 1 amide bonds. The van der Waals surface area contributed by atoms with Crippen molar-refractivity contribution in [1.82, 2.24) is 14.5 Å². The highest BCUT2D eigenvalue weighted by Crippen LogP contribution is 2.30. The fraction of sp³-hybridized carbons (Fsp3) is 0.360. The number of rotatable bonds is 5. The molecule has 2 aromatic carbocycles. The van der Waals surface area contributed by atoms with Crippen LogP contribution in [0.25, 0.3) is 0 Å². The van der Waals surface area contributed by atoms with E-state index < -0.39 is 15.9 Å². The lowest BCUT2D eigenvalue weighted by atomic mass is 9.92.